The summed E-state index contributed by atoms with van der Waals surface area (Å²) in [5.41, 5.74) is 2.44. The Bertz CT molecular complexity index is 496. The number of nitrogens with one attached hydrogen (secondary N) is 1. The molecular formula is C17H21NO. The van der Waals surface area contributed by atoms with Crippen molar-refractivity contribution in [3.05, 3.63) is 65.7 Å². The van der Waals surface area contributed by atoms with Gasteiger partial charge in [-0.3, -0.25) is 0 Å². The Morgan fingerprint density at radius 3 is 2.53 bits per heavy atom. The average molecular weight is 255 g/mol. The monoisotopic (exact) mass is 255 g/mol. The largest absolute Gasteiger partial charge is 0.486 e. The van der Waals surface area contributed by atoms with Gasteiger partial charge in [0, 0.05) is 6.42 Å². The summed E-state index contributed by atoms with van der Waals surface area (Å²) in [4.78, 5) is 0. The third-order valence-electron chi connectivity index (χ3n) is 3.10. The van der Waals surface area contributed by atoms with E-state index in [1.807, 2.05) is 25.2 Å². The minimum Gasteiger partial charge on any atom is -0.486 e. The van der Waals surface area contributed by atoms with Crippen molar-refractivity contribution < 1.29 is 4.74 Å². The molecule has 0 spiro atoms. The van der Waals surface area contributed by atoms with Crippen LogP contribution in [0.2, 0.25) is 0 Å². The van der Waals surface area contributed by atoms with Gasteiger partial charge in [0.25, 0.3) is 0 Å². The molecule has 0 saturated heterocycles. The Balaban J connectivity index is 2.14. The first-order chi connectivity index (χ1) is 9.29. The molecule has 0 radical (unpaired) electrons. The molecule has 2 aromatic rings. The molecule has 0 heterocycles. The van der Waals surface area contributed by atoms with Crippen LogP contribution in [0.25, 0.3) is 0 Å². The summed E-state index contributed by atoms with van der Waals surface area (Å²) in [5, 5.41) is 3.19. The molecule has 0 saturated carbocycles. The fourth-order valence-corrected chi connectivity index (χ4v) is 2.09. The molecule has 0 aliphatic carbocycles. The van der Waals surface area contributed by atoms with Crippen LogP contribution in [0, 0.1) is 6.92 Å². The SMILES string of the molecule is CNCC[C@@H](Oc1cccc(C)c1)c1ccccc1. The fourth-order valence-electron chi connectivity index (χ4n) is 2.09. The lowest BCUT2D eigenvalue weighted by molar-refractivity contribution is 0.195. The fraction of sp³-hybridized carbons (Fsp3) is 0.294. The summed E-state index contributed by atoms with van der Waals surface area (Å²) in [6, 6.07) is 18.6. The van der Waals surface area contributed by atoms with E-state index >= 15 is 0 Å². The van der Waals surface area contributed by atoms with Gasteiger partial charge in [0.15, 0.2) is 0 Å². The van der Waals surface area contributed by atoms with Crippen LogP contribution in [0.15, 0.2) is 54.6 Å². The van der Waals surface area contributed by atoms with Gasteiger partial charge in [-0.1, -0.05) is 42.5 Å². The normalized spacial score (nSPS) is 12.1. The zero-order valence-electron chi connectivity index (χ0n) is 11.6. The van der Waals surface area contributed by atoms with Crippen LogP contribution in [-0.4, -0.2) is 13.6 Å². The van der Waals surface area contributed by atoms with Crippen LogP contribution >= 0.6 is 0 Å². The smallest absolute Gasteiger partial charge is 0.125 e. The summed E-state index contributed by atoms with van der Waals surface area (Å²) < 4.78 is 6.14. The molecule has 0 bridgehead atoms. The predicted molar refractivity (Wildman–Crippen MR) is 79.5 cm³/mol. The minimum atomic E-state index is 0.0930. The average Bonchev–Trinajstić information content (AvgIpc) is 2.44. The van der Waals surface area contributed by atoms with E-state index in [2.05, 4.69) is 48.6 Å². The quantitative estimate of drug-likeness (QED) is 0.849. The molecule has 2 aromatic carbocycles. The zero-order valence-corrected chi connectivity index (χ0v) is 11.6. The molecule has 0 amide bonds. The van der Waals surface area contributed by atoms with Gasteiger partial charge in [0.1, 0.15) is 11.9 Å². The highest BCUT2D eigenvalue weighted by Crippen LogP contribution is 2.25. The molecule has 0 unspecified atom stereocenters. The minimum absolute atomic E-state index is 0.0930. The maximum absolute atomic E-state index is 6.14. The van der Waals surface area contributed by atoms with Crippen molar-refractivity contribution in [3.8, 4) is 5.75 Å². The summed E-state index contributed by atoms with van der Waals surface area (Å²) in [5.74, 6) is 0.935. The van der Waals surface area contributed by atoms with Crippen molar-refractivity contribution in [2.45, 2.75) is 19.4 Å². The highest BCUT2D eigenvalue weighted by molar-refractivity contribution is 5.29. The van der Waals surface area contributed by atoms with E-state index in [0.717, 1.165) is 18.7 Å². The molecule has 1 N–H and O–H groups in total. The lowest BCUT2D eigenvalue weighted by Crippen LogP contribution is -2.16. The Morgan fingerprint density at radius 2 is 1.84 bits per heavy atom. The Labute approximate surface area is 115 Å². The maximum Gasteiger partial charge on any atom is 0.125 e. The molecule has 0 fully saturated rings. The second-order valence-corrected chi connectivity index (χ2v) is 4.73. The lowest BCUT2D eigenvalue weighted by atomic mass is 10.1. The highest BCUT2D eigenvalue weighted by atomic mass is 16.5. The van der Waals surface area contributed by atoms with Crippen LogP contribution in [-0.2, 0) is 0 Å². The molecule has 2 rings (SSSR count). The summed E-state index contributed by atoms with van der Waals surface area (Å²) in [7, 11) is 1.97. The zero-order chi connectivity index (χ0) is 13.5. The number of aryl methyl sites for hydroxylation is 1. The van der Waals surface area contributed by atoms with E-state index in [-0.39, 0.29) is 6.10 Å². The van der Waals surface area contributed by atoms with Crippen molar-refractivity contribution in [2.24, 2.45) is 0 Å². The molecule has 0 aliphatic rings. The molecule has 1 atom stereocenters. The van der Waals surface area contributed by atoms with Gasteiger partial charge in [0.2, 0.25) is 0 Å². The van der Waals surface area contributed by atoms with E-state index < -0.39 is 0 Å². The molecule has 0 aliphatic heterocycles. The predicted octanol–water partition coefficient (Wildman–Crippen LogP) is 3.72. The third kappa shape index (κ3) is 4.11. The summed E-state index contributed by atoms with van der Waals surface area (Å²) in [6.45, 7) is 3.02. The first-order valence-electron chi connectivity index (χ1n) is 6.72. The van der Waals surface area contributed by atoms with Crippen LogP contribution in [0.1, 0.15) is 23.7 Å². The lowest BCUT2D eigenvalue weighted by Gasteiger charge is -2.20. The Hall–Kier alpha value is -1.80. The van der Waals surface area contributed by atoms with Gasteiger partial charge < -0.3 is 10.1 Å². The van der Waals surface area contributed by atoms with E-state index in [9.17, 15) is 0 Å². The topological polar surface area (TPSA) is 21.3 Å². The van der Waals surface area contributed by atoms with E-state index in [1.165, 1.54) is 11.1 Å². The Kier molecular flexibility index (Phi) is 4.99. The second-order valence-electron chi connectivity index (χ2n) is 4.73. The van der Waals surface area contributed by atoms with Crippen LogP contribution < -0.4 is 10.1 Å². The van der Waals surface area contributed by atoms with Gasteiger partial charge in [-0.15, -0.1) is 0 Å². The third-order valence-corrected chi connectivity index (χ3v) is 3.10. The van der Waals surface area contributed by atoms with Gasteiger partial charge in [-0.05, 0) is 43.8 Å². The number of hydrogen-bond acceptors (Lipinski definition) is 2. The maximum atomic E-state index is 6.14. The molecular weight excluding hydrogens is 234 g/mol. The first-order valence-corrected chi connectivity index (χ1v) is 6.72. The van der Waals surface area contributed by atoms with E-state index in [1.54, 1.807) is 0 Å². The summed E-state index contributed by atoms with van der Waals surface area (Å²) in [6.07, 6.45) is 1.05. The second kappa shape index (κ2) is 6.95. The molecule has 19 heavy (non-hydrogen) atoms. The molecule has 100 valence electrons. The van der Waals surface area contributed by atoms with Crippen molar-refractivity contribution in [2.75, 3.05) is 13.6 Å². The highest BCUT2D eigenvalue weighted by Gasteiger charge is 2.12. The number of rotatable bonds is 6. The molecule has 0 aromatic heterocycles. The standard InChI is InChI=1S/C17H21NO/c1-14-7-6-10-16(13-14)19-17(11-12-18-2)15-8-4-3-5-9-15/h3-10,13,17-18H,11-12H2,1-2H3/t17-/m1/s1. The van der Waals surface area contributed by atoms with Gasteiger partial charge in [0.05, 0.1) is 0 Å². The van der Waals surface area contributed by atoms with Crippen LogP contribution in [0.3, 0.4) is 0 Å². The van der Waals surface area contributed by atoms with Crippen LogP contribution in [0.5, 0.6) is 5.75 Å². The molecule has 2 heteroatoms. The number of ether oxygens (including phenoxy) is 1. The van der Waals surface area contributed by atoms with Crippen molar-refractivity contribution >= 4 is 0 Å². The Morgan fingerprint density at radius 1 is 1.05 bits per heavy atom. The van der Waals surface area contributed by atoms with E-state index in [0.29, 0.717) is 0 Å². The first kappa shape index (κ1) is 13.6. The van der Waals surface area contributed by atoms with Gasteiger partial charge in [-0.25, -0.2) is 0 Å². The number of hydrogen-bond donors (Lipinski definition) is 1. The van der Waals surface area contributed by atoms with Crippen molar-refractivity contribution in [1.82, 2.24) is 5.32 Å². The van der Waals surface area contributed by atoms with Crippen molar-refractivity contribution in [1.29, 1.82) is 0 Å². The van der Waals surface area contributed by atoms with Gasteiger partial charge >= 0.3 is 0 Å². The summed E-state index contributed by atoms with van der Waals surface area (Å²) >= 11 is 0. The van der Waals surface area contributed by atoms with E-state index in [4.69, 9.17) is 4.74 Å². The molecule has 2 nitrogen and oxygen atoms in total. The van der Waals surface area contributed by atoms with Crippen molar-refractivity contribution in [3.63, 3.8) is 0 Å². The van der Waals surface area contributed by atoms with Crippen LogP contribution in [0.4, 0.5) is 0 Å². The number of benzene rings is 2. The van der Waals surface area contributed by atoms with Gasteiger partial charge in [-0.2, -0.15) is 0 Å².